The van der Waals surface area contributed by atoms with Crippen molar-refractivity contribution in [3.63, 3.8) is 0 Å². The molecular formula is C15H18O3S. The standard InChI is InChI=1S/C15H18O3S/c1-4-10-18-13-8-6-12(11-14(13)19-3)7-9-15(16)17-5-2/h1,6,8,11H,5,7,9-10H2,2-3H3. The average molecular weight is 278 g/mol. The van der Waals surface area contributed by atoms with E-state index >= 15 is 0 Å². The molecule has 0 bridgehead atoms. The van der Waals surface area contributed by atoms with Crippen LogP contribution >= 0.6 is 11.8 Å². The molecule has 0 radical (unpaired) electrons. The maximum Gasteiger partial charge on any atom is 0.306 e. The maximum absolute atomic E-state index is 11.3. The topological polar surface area (TPSA) is 35.5 Å². The molecule has 1 aromatic carbocycles. The molecule has 102 valence electrons. The fourth-order valence-electron chi connectivity index (χ4n) is 1.59. The molecule has 3 nitrogen and oxygen atoms in total. The van der Waals surface area contributed by atoms with Crippen LogP contribution in [0.25, 0.3) is 0 Å². The van der Waals surface area contributed by atoms with Crippen molar-refractivity contribution in [3.05, 3.63) is 23.8 Å². The van der Waals surface area contributed by atoms with Gasteiger partial charge in [-0.2, -0.15) is 0 Å². The molecule has 0 aliphatic heterocycles. The van der Waals surface area contributed by atoms with E-state index in [2.05, 4.69) is 5.92 Å². The highest BCUT2D eigenvalue weighted by molar-refractivity contribution is 7.98. The van der Waals surface area contributed by atoms with Crippen LogP contribution in [0.3, 0.4) is 0 Å². The summed E-state index contributed by atoms with van der Waals surface area (Å²) >= 11 is 1.59. The van der Waals surface area contributed by atoms with Gasteiger partial charge in [0.15, 0.2) is 0 Å². The molecule has 0 aromatic heterocycles. The molecule has 1 rings (SSSR count). The number of thioether (sulfide) groups is 1. The molecule has 0 aliphatic carbocycles. The van der Waals surface area contributed by atoms with E-state index in [0.29, 0.717) is 19.4 Å². The molecule has 0 fully saturated rings. The number of ether oxygens (including phenoxy) is 2. The lowest BCUT2D eigenvalue weighted by Gasteiger charge is -2.10. The Labute approximate surface area is 118 Å². The molecule has 0 heterocycles. The quantitative estimate of drug-likeness (QED) is 0.436. The van der Waals surface area contributed by atoms with Crippen molar-refractivity contribution in [2.24, 2.45) is 0 Å². The van der Waals surface area contributed by atoms with E-state index in [1.807, 2.05) is 24.5 Å². The molecule has 0 N–H and O–H groups in total. The zero-order chi connectivity index (χ0) is 14.1. The fourth-order valence-corrected chi connectivity index (χ4v) is 2.18. The Hall–Kier alpha value is -1.60. The van der Waals surface area contributed by atoms with Gasteiger partial charge in [-0.3, -0.25) is 4.79 Å². The van der Waals surface area contributed by atoms with Gasteiger partial charge in [-0.05, 0) is 37.3 Å². The van der Waals surface area contributed by atoms with Gasteiger partial charge >= 0.3 is 5.97 Å². The first-order valence-electron chi connectivity index (χ1n) is 6.10. The molecule has 19 heavy (non-hydrogen) atoms. The van der Waals surface area contributed by atoms with Gasteiger partial charge < -0.3 is 9.47 Å². The number of carbonyl (C=O) groups is 1. The minimum Gasteiger partial charge on any atom is -0.480 e. The molecule has 0 aliphatic rings. The number of rotatable bonds is 7. The van der Waals surface area contributed by atoms with Gasteiger partial charge in [0.05, 0.1) is 6.61 Å². The van der Waals surface area contributed by atoms with Gasteiger partial charge in [0.1, 0.15) is 12.4 Å². The Bertz CT molecular complexity index is 463. The highest BCUT2D eigenvalue weighted by atomic mass is 32.2. The van der Waals surface area contributed by atoms with Gasteiger partial charge in [0, 0.05) is 11.3 Å². The molecule has 0 unspecified atom stereocenters. The van der Waals surface area contributed by atoms with Crippen molar-refractivity contribution in [1.29, 1.82) is 0 Å². The number of esters is 1. The van der Waals surface area contributed by atoms with Crippen LogP contribution in [0.4, 0.5) is 0 Å². The van der Waals surface area contributed by atoms with Crippen molar-refractivity contribution in [2.75, 3.05) is 19.5 Å². The zero-order valence-electron chi connectivity index (χ0n) is 11.3. The Morgan fingerprint density at radius 2 is 2.26 bits per heavy atom. The van der Waals surface area contributed by atoms with Gasteiger partial charge in [-0.1, -0.05) is 12.0 Å². The smallest absolute Gasteiger partial charge is 0.306 e. The summed E-state index contributed by atoms with van der Waals surface area (Å²) < 4.78 is 10.4. The van der Waals surface area contributed by atoms with Crippen molar-refractivity contribution < 1.29 is 14.3 Å². The number of hydrogen-bond donors (Lipinski definition) is 0. The van der Waals surface area contributed by atoms with Crippen molar-refractivity contribution in [2.45, 2.75) is 24.7 Å². The number of hydrogen-bond acceptors (Lipinski definition) is 4. The fraction of sp³-hybridized carbons (Fsp3) is 0.400. The Morgan fingerprint density at radius 3 is 2.89 bits per heavy atom. The predicted molar refractivity (Wildman–Crippen MR) is 77.5 cm³/mol. The van der Waals surface area contributed by atoms with Crippen LogP contribution in [0.15, 0.2) is 23.1 Å². The molecule has 0 saturated carbocycles. The third-order valence-electron chi connectivity index (χ3n) is 2.46. The van der Waals surface area contributed by atoms with E-state index in [9.17, 15) is 4.79 Å². The SMILES string of the molecule is C#CCOc1ccc(CCC(=O)OCC)cc1SC. The van der Waals surface area contributed by atoms with Crippen molar-refractivity contribution >= 4 is 17.7 Å². The first-order chi connectivity index (χ1) is 9.21. The Morgan fingerprint density at radius 1 is 1.47 bits per heavy atom. The Balaban J connectivity index is 2.66. The Kier molecular flexibility index (Phi) is 6.91. The first-order valence-corrected chi connectivity index (χ1v) is 7.32. The van der Waals surface area contributed by atoms with Crippen LogP contribution in [0.5, 0.6) is 5.75 Å². The lowest BCUT2D eigenvalue weighted by molar-refractivity contribution is -0.143. The van der Waals surface area contributed by atoms with Gasteiger partial charge in [0.25, 0.3) is 0 Å². The number of terminal acetylenes is 1. The predicted octanol–water partition coefficient (Wildman–Crippen LogP) is 2.92. The lowest BCUT2D eigenvalue weighted by atomic mass is 10.1. The van der Waals surface area contributed by atoms with Crippen molar-refractivity contribution in [1.82, 2.24) is 0 Å². The molecule has 0 atom stereocenters. The summed E-state index contributed by atoms with van der Waals surface area (Å²) in [7, 11) is 0. The largest absolute Gasteiger partial charge is 0.480 e. The zero-order valence-corrected chi connectivity index (χ0v) is 12.1. The van der Waals surface area contributed by atoms with Crippen LogP contribution in [0.1, 0.15) is 18.9 Å². The van der Waals surface area contributed by atoms with Crippen LogP contribution in [0, 0.1) is 12.3 Å². The van der Waals surface area contributed by atoms with Crippen LogP contribution in [0.2, 0.25) is 0 Å². The third-order valence-corrected chi connectivity index (χ3v) is 3.22. The molecule has 0 saturated heterocycles. The molecule has 4 heteroatoms. The highest BCUT2D eigenvalue weighted by Crippen LogP contribution is 2.29. The lowest BCUT2D eigenvalue weighted by Crippen LogP contribution is -2.05. The van der Waals surface area contributed by atoms with Gasteiger partial charge in [0.2, 0.25) is 0 Å². The van der Waals surface area contributed by atoms with Gasteiger partial charge in [-0.25, -0.2) is 0 Å². The van der Waals surface area contributed by atoms with E-state index in [0.717, 1.165) is 16.2 Å². The van der Waals surface area contributed by atoms with Gasteiger partial charge in [-0.15, -0.1) is 18.2 Å². The summed E-state index contributed by atoms with van der Waals surface area (Å²) in [5, 5.41) is 0. The minimum atomic E-state index is -0.166. The van der Waals surface area contributed by atoms with Crippen LogP contribution in [-0.2, 0) is 16.0 Å². The molecule has 0 spiro atoms. The summed E-state index contributed by atoms with van der Waals surface area (Å²) in [6, 6.07) is 5.87. The number of carbonyl (C=O) groups excluding carboxylic acids is 1. The number of benzene rings is 1. The summed E-state index contributed by atoms with van der Waals surface area (Å²) in [5.74, 6) is 3.06. The summed E-state index contributed by atoms with van der Waals surface area (Å²) in [6.07, 6.45) is 8.22. The van der Waals surface area contributed by atoms with Crippen LogP contribution in [-0.4, -0.2) is 25.4 Å². The van der Waals surface area contributed by atoms with Crippen molar-refractivity contribution in [3.8, 4) is 18.1 Å². The number of aryl methyl sites for hydroxylation is 1. The molecular weight excluding hydrogens is 260 g/mol. The molecule has 1 aromatic rings. The second-order valence-corrected chi connectivity index (χ2v) is 4.63. The van der Waals surface area contributed by atoms with Crippen LogP contribution < -0.4 is 4.74 Å². The first kappa shape index (κ1) is 15.5. The highest BCUT2D eigenvalue weighted by Gasteiger charge is 2.07. The van der Waals surface area contributed by atoms with E-state index in [-0.39, 0.29) is 12.6 Å². The van der Waals surface area contributed by atoms with E-state index in [1.54, 1.807) is 18.7 Å². The second kappa shape index (κ2) is 8.49. The maximum atomic E-state index is 11.3. The summed E-state index contributed by atoms with van der Waals surface area (Å²) in [6.45, 7) is 2.49. The minimum absolute atomic E-state index is 0.166. The normalized spacial score (nSPS) is 9.74. The molecule has 0 amide bonds. The van der Waals surface area contributed by atoms with E-state index in [1.165, 1.54) is 0 Å². The monoisotopic (exact) mass is 278 g/mol. The average Bonchev–Trinajstić information content (AvgIpc) is 2.43. The summed E-state index contributed by atoms with van der Waals surface area (Å²) in [4.78, 5) is 12.3. The van der Waals surface area contributed by atoms with E-state index in [4.69, 9.17) is 15.9 Å². The van der Waals surface area contributed by atoms with E-state index < -0.39 is 0 Å². The third kappa shape index (κ3) is 5.27. The second-order valence-electron chi connectivity index (χ2n) is 3.78. The summed E-state index contributed by atoms with van der Waals surface area (Å²) in [5.41, 5.74) is 1.09.